The Kier molecular flexibility index (Phi) is 5.55. The first-order valence-corrected chi connectivity index (χ1v) is 8.51. The fourth-order valence-electron chi connectivity index (χ4n) is 2.22. The van der Waals surface area contributed by atoms with Gasteiger partial charge < -0.3 is 10.5 Å². The summed E-state index contributed by atoms with van der Waals surface area (Å²) in [6, 6.07) is 4.72. The normalized spacial score (nSPS) is 20.8. The van der Waals surface area contributed by atoms with Crippen LogP contribution in [-0.4, -0.2) is 24.5 Å². The second-order valence-electron chi connectivity index (χ2n) is 4.89. The molecule has 1 aliphatic rings. The van der Waals surface area contributed by atoms with Gasteiger partial charge in [-0.05, 0) is 38.3 Å². The summed E-state index contributed by atoms with van der Waals surface area (Å²) < 4.78 is 5.44. The number of thiophene rings is 1. The summed E-state index contributed by atoms with van der Waals surface area (Å²) in [5.41, 5.74) is 6.33. The van der Waals surface area contributed by atoms with Crippen LogP contribution in [0.2, 0.25) is 0 Å². The maximum Gasteiger partial charge on any atom is 0.0544 e. The van der Waals surface area contributed by atoms with Crippen molar-refractivity contribution in [2.75, 3.05) is 13.2 Å². The molecule has 2 heterocycles. The first kappa shape index (κ1) is 14.4. The van der Waals surface area contributed by atoms with Gasteiger partial charge in [0.1, 0.15) is 0 Å². The van der Waals surface area contributed by atoms with Crippen LogP contribution in [0.15, 0.2) is 12.1 Å². The van der Waals surface area contributed by atoms with Gasteiger partial charge in [0, 0.05) is 34.3 Å². The Labute approximate surface area is 118 Å². The Morgan fingerprint density at radius 3 is 2.72 bits per heavy atom. The number of hydrogen-bond acceptors (Lipinski definition) is 4. The molecule has 2 rings (SSSR count). The van der Waals surface area contributed by atoms with Crippen LogP contribution in [0.1, 0.15) is 41.2 Å². The Balaban J connectivity index is 2.04. The molecule has 1 fully saturated rings. The predicted molar refractivity (Wildman–Crippen MR) is 81.5 cm³/mol. The van der Waals surface area contributed by atoms with Gasteiger partial charge in [0.2, 0.25) is 0 Å². The van der Waals surface area contributed by atoms with E-state index in [1.807, 2.05) is 11.3 Å². The number of nitrogens with two attached hydrogens (primary N) is 1. The van der Waals surface area contributed by atoms with E-state index < -0.39 is 0 Å². The molecule has 0 radical (unpaired) electrons. The van der Waals surface area contributed by atoms with Gasteiger partial charge >= 0.3 is 0 Å². The highest BCUT2D eigenvalue weighted by atomic mass is 32.2. The lowest BCUT2D eigenvalue weighted by molar-refractivity contribution is 0.0999. The molecule has 4 heteroatoms. The third kappa shape index (κ3) is 3.73. The van der Waals surface area contributed by atoms with Crippen LogP contribution in [0.5, 0.6) is 0 Å². The average Bonchev–Trinajstić information content (AvgIpc) is 2.83. The fraction of sp³-hybridized carbons (Fsp3) is 0.714. The van der Waals surface area contributed by atoms with Crippen molar-refractivity contribution >= 4 is 23.1 Å². The van der Waals surface area contributed by atoms with Crippen molar-refractivity contribution in [2.24, 2.45) is 5.73 Å². The molecule has 0 aliphatic carbocycles. The molecule has 18 heavy (non-hydrogen) atoms. The summed E-state index contributed by atoms with van der Waals surface area (Å²) in [6.45, 7) is 6.18. The van der Waals surface area contributed by atoms with E-state index in [1.54, 1.807) is 0 Å². The van der Waals surface area contributed by atoms with Crippen LogP contribution in [0.25, 0.3) is 0 Å². The first-order valence-electron chi connectivity index (χ1n) is 6.75. The van der Waals surface area contributed by atoms with Crippen molar-refractivity contribution in [1.29, 1.82) is 0 Å². The highest BCUT2D eigenvalue weighted by Crippen LogP contribution is 2.41. The number of aryl methyl sites for hydroxylation is 1. The third-order valence-corrected chi connectivity index (χ3v) is 6.40. The Morgan fingerprint density at radius 1 is 1.44 bits per heavy atom. The second-order valence-corrected chi connectivity index (χ2v) is 7.66. The largest absolute Gasteiger partial charge is 0.381 e. The Hall–Kier alpha value is -0.0300. The summed E-state index contributed by atoms with van der Waals surface area (Å²) in [7, 11) is 0. The molecule has 1 saturated heterocycles. The van der Waals surface area contributed by atoms with E-state index in [2.05, 4.69) is 37.7 Å². The quantitative estimate of drug-likeness (QED) is 0.895. The molecule has 1 aromatic rings. The zero-order valence-corrected chi connectivity index (χ0v) is 12.9. The van der Waals surface area contributed by atoms with E-state index in [0.29, 0.717) is 10.5 Å². The lowest BCUT2D eigenvalue weighted by atomic mass is 10.1. The lowest BCUT2D eigenvalue weighted by Crippen LogP contribution is -2.28. The monoisotopic (exact) mass is 285 g/mol. The van der Waals surface area contributed by atoms with E-state index in [0.717, 1.165) is 19.6 Å². The maximum atomic E-state index is 6.33. The van der Waals surface area contributed by atoms with E-state index in [1.165, 1.54) is 22.6 Å². The fourth-order valence-corrected chi connectivity index (χ4v) is 4.95. The van der Waals surface area contributed by atoms with E-state index in [-0.39, 0.29) is 6.04 Å². The molecule has 2 unspecified atom stereocenters. The van der Waals surface area contributed by atoms with Crippen LogP contribution in [-0.2, 0) is 4.74 Å². The van der Waals surface area contributed by atoms with Gasteiger partial charge in [-0.3, -0.25) is 0 Å². The van der Waals surface area contributed by atoms with Crippen molar-refractivity contribution in [1.82, 2.24) is 0 Å². The van der Waals surface area contributed by atoms with Crippen LogP contribution < -0.4 is 5.73 Å². The molecule has 2 nitrogen and oxygen atoms in total. The van der Waals surface area contributed by atoms with Crippen LogP contribution >= 0.6 is 23.1 Å². The summed E-state index contributed by atoms with van der Waals surface area (Å²) in [5, 5.41) is 1.17. The molecule has 0 bridgehead atoms. The molecule has 0 aromatic carbocycles. The highest BCUT2D eigenvalue weighted by molar-refractivity contribution is 8.00. The second kappa shape index (κ2) is 6.94. The lowest BCUT2D eigenvalue weighted by Gasteiger charge is -2.28. The van der Waals surface area contributed by atoms with E-state index in [9.17, 15) is 0 Å². The maximum absolute atomic E-state index is 6.33. The Morgan fingerprint density at radius 2 is 2.17 bits per heavy atom. The van der Waals surface area contributed by atoms with Gasteiger partial charge in [-0.15, -0.1) is 23.1 Å². The van der Waals surface area contributed by atoms with Crippen molar-refractivity contribution in [2.45, 2.75) is 49.7 Å². The summed E-state index contributed by atoms with van der Waals surface area (Å²) in [6.07, 6.45) is 3.38. The zero-order valence-electron chi connectivity index (χ0n) is 11.2. The van der Waals surface area contributed by atoms with Gasteiger partial charge in [0.05, 0.1) is 5.25 Å². The molecular weight excluding hydrogens is 262 g/mol. The molecule has 0 saturated carbocycles. The molecule has 2 atom stereocenters. The van der Waals surface area contributed by atoms with Crippen LogP contribution in [0, 0.1) is 6.92 Å². The summed E-state index contributed by atoms with van der Waals surface area (Å²) >= 11 is 3.97. The minimum atomic E-state index is 0.260. The molecule has 1 aliphatic heterocycles. The van der Waals surface area contributed by atoms with Crippen LogP contribution in [0.4, 0.5) is 0 Å². The van der Waals surface area contributed by atoms with Gasteiger partial charge in [0.25, 0.3) is 0 Å². The van der Waals surface area contributed by atoms with Crippen molar-refractivity contribution < 1.29 is 4.74 Å². The van der Waals surface area contributed by atoms with Crippen molar-refractivity contribution in [3.8, 4) is 0 Å². The van der Waals surface area contributed by atoms with Crippen molar-refractivity contribution in [3.63, 3.8) is 0 Å². The molecule has 0 spiro atoms. The van der Waals surface area contributed by atoms with Crippen molar-refractivity contribution in [3.05, 3.63) is 21.9 Å². The number of ether oxygens (including phenoxy) is 1. The molecule has 2 N–H and O–H groups in total. The molecule has 102 valence electrons. The SMILES string of the molecule is CCC(N)C(SC1CCOCC1)c1ccc(C)s1. The number of hydrogen-bond donors (Lipinski definition) is 1. The Bertz CT molecular complexity index is 360. The minimum Gasteiger partial charge on any atom is -0.381 e. The van der Waals surface area contributed by atoms with Gasteiger partial charge in [0.15, 0.2) is 0 Å². The smallest absolute Gasteiger partial charge is 0.0544 e. The molecular formula is C14H23NOS2. The summed E-state index contributed by atoms with van der Waals surface area (Å²) in [4.78, 5) is 2.82. The topological polar surface area (TPSA) is 35.2 Å². The standard InChI is InChI=1S/C14H23NOS2/c1-3-12(15)14(13-5-4-10(2)17-13)18-11-6-8-16-9-7-11/h4-5,11-12,14H,3,6-9,15H2,1-2H3. The predicted octanol–water partition coefficient (Wildman–Crippen LogP) is 3.75. The molecule has 0 amide bonds. The van der Waals surface area contributed by atoms with Gasteiger partial charge in [-0.25, -0.2) is 0 Å². The van der Waals surface area contributed by atoms with Gasteiger partial charge in [-0.2, -0.15) is 0 Å². The van der Waals surface area contributed by atoms with Gasteiger partial charge in [-0.1, -0.05) is 6.92 Å². The van der Waals surface area contributed by atoms with Crippen LogP contribution in [0.3, 0.4) is 0 Å². The number of thioether (sulfide) groups is 1. The zero-order chi connectivity index (χ0) is 13.0. The molecule has 1 aromatic heterocycles. The summed E-state index contributed by atoms with van der Waals surface area (Å²) in [5.74, 6) is 0. The third-order valence-electron chi connectivity index (χ3n) is 3.41. The highest BCUT2D eigenvalue weighted by Gasteiger charge is 2.26. The van der Waals surface area contributed by atoms with E-state index in [4.69, 9.17) is 10.5 Å². The first-order chi connectivity index (χ1) is 8.70. The van der Waals surface area contributed by atoms with E-state index >= 15 is 0 Å². The number of rotatable bonds is 5. The minimum absolute atomic E-state index is 0.260. The average molecular weight is 285 g/mol.